The molecule has 0 atom stereocenters. The molecule has 1 aliphatic rings. The molecule has 1 aliphatic carbocycles. The lowest BCUT2D eigenvalue weighted by atomic mass is 9.89. The van der Waals surface area contributed by atoms with Crippen LogP contribution in [0, 0.1) is 12.8 Å². The molecule has 2 rings (SSSR count). The van der Waals surface area contributed by atoms with E-state index in [9.17, 15) is 9.59 Å². The number of hydrogen-bond acceptors (Lipinski definition) is 3. The van der Waals surface area contributed by atoms with Gasteiger partial charge in [0.05, 0.1) is 4.47 Å². The summed E-state index contributed by atoms with van der Waals surface area (Å²) in [6.07, 6.45) is 5.12. The van der Waals surface area contributed by atoms with Crippen molar-refractivity contribution < 1.29 is 14.3 Å². The summed E-state index contributed by atoms with van der Waals surface area (Å²) in [5.41, 5.74) is 5.81. The lowest BCUT2D eigenvalue weighted by Crippen LogP contribution is -2.46. The number of amides is 2. The van der Waals surface area contributed by atoms with E-state index >= 15 is 0 Å². The highest BCUT2D eigenvalue weighted by molar-refractivity contribution is 9.11. The second kappa shape index (κ2) is 8.68. The number of carbonyl (C=O) groups excluding carboxylic acids is 2. The average Bonchev–Trinajstić information content (AvgIpc) is 2.52. The fourth-order valence-corrected chi connectivity index (χ4v) is 4.20. The maximum Gasteiger partial charge on any atom is 0.276 e. The van der Waals surface area contributed by atoms with E-state index in [1.807, 2.05) is 19.1 Å². The summed E-state index contributed by atoms with van der Waals surface area (Å²) in [5.74, 6) is 0.122. The maximum absolute atomic E-state index is 11.9. The number of nitrogens with one attached hydrogen (secondary N) is 2. The standard InChI is InChI=1S/C16H20Br2N2O3/c1-10-7-12(17)8-13(18)15(10)23-9-14(21)19-20-16(22)11-5-3-2-4-6-11/h7-8,11H,2-6,9H2,1H3,(H,19,21)(H,20,22). The Morgan fingerprint density at radius 3 is 2.52 bits per heavy atom. The number of benzene rings is 1. The van der Waals surface area contributed by atoms with Crippen LogP contribution in [0.5, 0.6) is 5.75 Å². The SMILES string of the molecule is Cc1cc(Br)cc(Br)c1OCC(=O)NNC(=O)C1CCCCC1. The third kappa shape index (κ3) is 5.49. The van der Waals surface area contributed by atoms with Crippen LogP contribution in [0.2, 0.25) is 0 Å². The first-order valence-corrected chi connectivity index (χ1v) is 9.23. The molecule has 0 unspecified atom stereocenters. The Kier molecular flexibility index (Phi) is 6.89. The van der Waals surface area contributed by atoms with Crippen molar-refractivity contribution in [1.82, 2.24) is 10.9 Å². The zero-order valence-electron chi connectivity index (χ0n) is 13.0. The number of aryl methyl sites for hydroxylation is 1. The Bertz CT molecular complexity index is 564. The highest BCUT2D eigenvalue weighted by atomic mass is 79.9. The average molecular weight is 448 g/mol. The molecular formula is C16H20Br2N2O3. The first-order chi connectivity index (χ1) is 11.0. The summed E-state index contributed by atoms with van der Waals surface area (Å²) in [5, 5.41) is 0. The van der Waals surface area contributed by atoms with Gasteiger partial charge in [0.1, 0.15) is 5.75 Å². The molecule has 0 radical (unpaired) electrons. The van der Waals surface area contributed by atoms with Gasteiger partial charge in [-0.2, -0.15) is 0 Å². The minimum absolute atomic E-state index is 0.00725. The topological polar surface area (TPSA) is 67.4 Å². The Labute approximate surface area is 152 Å². The summed E-state index contributed by atoms with van der Waals surface area (Å²) < 4.78 is 7.23. The zero-order valence-corrected chi connectivity index (χ0v) is 16.1. The Hall–Kier alpha value is -1.08. The van der Waals surface area contributed by atoms with E-state index in [2.05, 4.69) is 42.7 Å². The molecule has 1 aromatic rings. The first kappa shape index (κ1) is 18.3. The minimum Gasteiger partial charge on any atom is -0.482 e. The summed E-state index contributed by atoms with van der Waals surface area (Å²) in [6.45, 7) is 1.74. The van der Waals surface area contributed by atoms with Crippen LogP contribution in [0.25, 0.3) is 0 Å². The molecule has 0 aromatic heterocycles. The molecule has 2 N–H and O–H groups in total. The number of carbonyl (C=O) groups is 2. The van der Waals surface area contributed by atoms with Crippen molar-refractivity contribution in [2.75, 3.05) is 6.61 Å². The van der Waals surface area contributed by atoms with Crippen LogP contribution in [0.1, 0.15) is 37.7 Å². The van der Waals surface area contributed by atoms with Crippen molar-refractivity contribution in [3.63, 3.8) is 0 Å². The first-order valence-electron chi connectivity index (χ1n) is 7.64. The molecule has 0 bridgehead atoms. The summed E-state index contributed by atoms with van der Waals surface area (Å²) in [4.78, 5) is 23.8. The molecule has 0 saturated heterocycles. The van der Waals surface area contributed by atoms with Crippen molar-refractivity contribution in [3.05, 3.63) is 26.6 Å². The fraction of sp³-hybridized carbons (Fsp3) is 0.500. The van der Waals surface area contributed by atoms with Crippen LogP contribution < -0.4 is 15.6 Å². The van der Waals surface area contributed by atoms with Crippen LogP contribution in [0.3, 0.4) is 0 Å². The summed E-state index contributed by atoms with van der Waals surface area (Å²) in [6, 6.07) is 3.76. The number of ether oxygens (including phenoxy) is 1. The van der Waals surface area contributed by atoms with E-state index in [0.717, 1.165) is 40.2 Å². The number of rotatable bonds is 4. The van der Waals surface area contributed by atoms with Gasteiger partial charge < -0.3 is 4.74 Å². The van der Waals surface area contributed by atoms with Crippen molar-refractivity contribution in [2.24, 2.45) is 5.92 Å². The predicted octanol–water partition coefficient (Wildman–Crippen LogP) is 3.63. The van der Waals surface area contributed by atoms with Crippen LogP contribution in [0.15, 0.2) is 21.1 Å². The van der Waals surface area contributed by atoms with Gasteiger partial charge in [0.15, 0.2) is 6.61 Å². The third-order valence-corrected chi connectivity index (χ3v) is 4.89. The van der Waals surface area contributed by atoms with E-state index in [0.29, 0.717) is 5.75 Å². The molecule has 7 heteroatoms. The molecule has 2 amide bonds. The van der Waals surface area contributed by atoms with Gasteiger partial charge in [-0.3, -0.25) is 20.4 Å². The van der Waals surface area contributed by atoms with Gasteiger partial charge in [-0.25, -0.2) is 0 Å². The van der Waals surface area contributed by atoms with Crippen molar-refractivity contribution >= 4 is 43.7 Å². The zero-order chi connectivity index (χ0) is 16.8. The fourth-order valence-electron chi connectivity index (χ4n) is 2.64. The van der Waals surface area contributed by atoms with Gasteiger partial charge in [0, 0.05) is 10.4 Å². The highest BCUT2D eigenvalue weighted by Gasteiger charge is 2.21. The molecule has 1 aromatic carbocycles. The molecule has 0 spiro atoms. The van der Waals surface area contributed by atoms with Crippen molar-refractivity contribution in [1.29, 1.82) is 0 Å². The Morgan fingerprint density at radius 2 is 1.87 bits per heavy atom. The lowest BCUT2D eigenvalue weighted by Gasteiger charge is -2.20. The van der Waals surface area contributed by atoms with Crippen molar-refractivity contribution in [3.8, 4) is 5.75 Å². The molecule has 0 heterocycles. The van der Waals surface area contributed by atoms with E-state index in [1.165, 1.54) is 6.42 Å². The summed E-state index contributed by atoms with van der Waals surface area (Å²) in [7, 11) is 0. The van der Waals surface area contributed by atoms with Crippen LogP contribution in [-0.2, 0) is 9.59 Å². The second-order valence-electron chi connectivity index (χ2n) is 5.69. The molecule has 5 nitrogen and oxygen atoms in total. The predicted molar refractivity (Wildman–Crippen MR) is 94.9 cm³/mol. The normalized spacial score (nSPS) is 15.1. The largest absolute Gasteiger partial charge is 0.482 e. The molecule has 1 fully saturated rings. The number of hydrazine groups is 1. The number of hydrogen-bond donors (Lipinski definition) is 2. The Morgan fingerprint density at radius 1 is 1.17 bits per heavy atom. The molecule has 23 heavy (non-hydrogen) atoms. The van der Waals surface area contributed by atoms with E-state index in [4.69, 9.17) is 4.74 Å². The van der Waals surface area contributed by atoms with Gasteiger partial charge in [-0.1, -0.05) is 35.2 Å². The van der Waals surface area contributed by atoms with Gasteiger partial charge in [-0.05, 0) is 53.4 Å². The minimum atomic E-state index is -0.386. The molecule has 126 valence electrons. The summed E-state index contributed by atoms with van der Waals surface area (Å²) >= 11 is 6.80. The monoisotopic (exact) mass is 446 g/mol. The maximum atomic E-state index is 11.9. The van der Waals surface area contributed by atoms with Gasteiger partial charge >= 0.3 is 0 Å². The molecule has 1 saturated carbocycles. The van der Waals surface area contributed by atoms with Crippen LogP contribution in [0.4, 0.5) is 0 Å². The third-order valence-electron chi connectivity index (χ3n) is 3.84. The van der Waals surface area contributed by atoms with E-state index < -0.39 is 0 Å². The quantitative estimate of drug-likeness (QED) is 0.692. The van der Waals surface area contributed by atoms with Gasteiger partial charge in [-0.15, -0.1) is 0 Å². The second-order valence-corrected chi connectivity index (χ2v) is 7.46. The van der Waals surface area contributed by atoms with Gasteiger partial charge in [0.25, 0.3) is 5.91 Å². The molecule has 0 aliphatic heterocycles. The van der Waals surface area contributed by atoms with Crippen LogP contribution in [-0.4, -0.2) is 18.4 Å². The van der Waals surface area contributed by atoms with E-state index in [1.54, 1.807) is 0 Å². The van der Waals surface area contributed by atoms with Crippen LogP contribution >= 0.6 is 31.9 Å². The lowest BCUT2D eigenvalue weighted by molar-refractivity contribution is -0.132. The van der Waals surface area contributed by atoms with Crippen molar-refractivity contribution in [2.45, 2.75) is 39.0 Å². The highest BCUT2D eigenvalue weighted by Crippen LogP contribution is 2.32. The van der Waals surface area contributed by atoms with Gasteiger partial charge in [0.2, 0.25) is 5.91 Å². The molecular weight excluding hydrogens is 428 g/mol. The van der Waals surface area contributed by atoms with E-state index in [-0.39, 0.29) is 24.3 Å². The Balaban J connectivity index is 1.78. The number of halogens is 2. The smallest absolute Gasteiger partial charge is 0.276 e.